The number of amides is 1. The minimum absolute atomic E-state index is 0.0545. The molecule has 7 heteroatoms. The molecule has 0 atom stereocenters. The van der Waals surface area contributed by atoms with Crippen molar-refractivity contribution < 1.29 is 4.79 Å². The quantitative estimate of drug-likeness (QED) is 0.867. The van der Waals surface area contributed by atoms with Crippen LogP contribution in [-0.4, -0.2) is 34.4 Å². The number of hydrogen-bond acceptors (Lipinski definition) is 4. The Labute approximate surface area is 149 Å². The normalized spacial score (nSPS) is 17.3. The van der Waals surface area contributed by atoms with Crippen LogP contribution in [0.3, 0.4) is 0 Å². The van der Waals surface area contributed by atoms with Gasteiger partial charge in [0.2, 0.25) is 0 Å². The summed E-state index contributed by atoms with van der Waals surface area (Å²) in [6, 6.07) is 5.39. The second-order valence-corrected chi connectivity index (χ2v) is 7.73. The molecule has 0 unspecified atom stereocenters. The Kier molecular flexibility index (Phi) is 4.65. The van der Waals surface area contributed by atoms with Gasteiger partial charge < -0.3 is 10.6 Å². The van der Waals surface area contributed by atoms with E-state index in [1.165, 1.54) is 11.3 Å². The molecule has 1 saturated heterocycles. The molecule has 1 aliphatic rings. The summed E-state index contributed by atoms with van der Waals surface area (Å²) in [4.78, 5) is 18.8. The number of piperidine rings is 1. The molecule has 2 aromatic rings. The Hall–Kier alpha value is -1.14. The van der Waals surface area contributed by atoms with Crippen molar-refractivity contribution in [3.63, 3.8) is 0 Å². The summed E-state index contributed by atoms with van der Waals surface area (Å²) in [5, 5.41) is 3.40. The molecule has 1 aliphatic heterocycles. The fourth-order valence-corrected chi connectivity index (χ4v) is 3.82. The van der Waals surface area contributed by atoms with Crippen molar-refractivity contribution in [1.29, 1.82) is 0 Å². The number of halogens is 2. The minimum atomic E-state index is -0.182. The zero-order valence-electron chi connectivity index (χ0n) is 12.7. The van der Waals surface area contributed by atoms with E-state index in [1.54, 1.807) is 11.4 Å². The second kappa shape index (κ2) is 6.40. The van der Waals surface area contributed by atoms with Crippen LogP contribution in [-0.2, 0) is 0 Å². The van der Waals surface area contributed by atoms with E-state index in [-0.39, 0.29) is 11.4 Å². The standard InChI is InChI=1S/C16H17Cl2N3OS/c1-16(19)5-7-21(8-6-16)15(22)12-9-23-14(20-12)10-3-2-4-11(17)13(10)18/h2-4,9H,5-8,19H2,1H3. The first-order valence-electron chi connectivity index (χ1n) is 7.35. The van der Waals surface area contributed by atoms with Crippen LogP contribution < -0.4 is 5.73 Å². The number of aromatic nitrogens is 1. The number of rotatable bonds is 2. The Morgan fingerprint density at radius 3 is 2.74 bits per heavy atom. The van der Waals surface area contributed by atoms with E-state index < -0.39 is 0 Å². The lowest BCUT2D eigenvalue weighted by atomic mass is 9.91. The fraction of sp³-hybridized carbons (Fsp3) is 0.375. The predicted molar refractivity (Wildman–Crippen MR) is 95.3 cm³/mol. The van der Waals surface area contributed by atoms with Gasteiger partial charge in [-0.1, -0.05) is 35.3 Å². The minimum Gasteiger partial charge on any atom is -0.337 e. The van der Waals surface area contributed by atoms with E-state index in [0.29, 0.717) is 33.8 Å². The third-order valence-electron chi connectivity index (χ3n) is 4.10. The van der Waals surface area contributed by atoms with Gasteiger partial charge in [0.05, 0.1) is 10.0 Å². The van der Waals surface area contributed by atoms with Crippen LogP contribution in [0.25, 0.3) is 10.6 Å². The number of carbonyl (C=O) groups excluding carboxylic acids is 1. The van der Waals surface area contributed by atoms with Gasteiger partial charge >= 0.3 is 0 Å². The van der Waals surface area contributed by atoms with Gasteiger partial charge in [-0.05, 0) is 25.8 Å². The zero-order valence-corrected chi connectivity index (χ0v) is 15.0. The monoisotopic (exact) mass is 369 g/mol. The van der Waals surface area contributed by atoms with Crippen LogP contribution in [0.5, 0.6) is 0 Å². The number of likely N-dealkylation sites (tertiary alicyclic amines) is 1. The molecule has 4 nitrogen and oxygen atoms in total. The van der Waals surface area contributed by atoms with Crippen LogP contribution in [0.1, 0.15) is 30.3 Å². The number of hydrogen-bond donors (Lipinski definition) is 1. The average Bonchev–Trinajstić information content (AvgIpc) is 2.99. The lowest BCUT2D eigenvalue weighted by Crippen LogP contribution is -2.49. The maximum absolute atomic E-state index is 12.6. The van der Waals surface area contributed by atoms with E-state index in [4.69, 9.17) is 28.9 Å². The molecule has 0 aliphatic carbocycles. The Morgan fingerprint density at radius 2 is 2.04 bits per heavy atom. The number of thiazole rings is 1. The maximum Gasteiger partial charge on any atom is 0.273 e. The van der Waals surface area contributed by atoms with Crippen molar-refractivity contribution >= 4 is 40.4 Å². The molecule has 0 spiro atoms. The second-order valence-electron chi connectivity index (χ2n) is 6.09. The molecule has 2 heterocycles. The Balaban J connectivity index is 1.79. The number of nitrogens with zero attached hydrogens (tertiary/aromatic N) is 2. The Bertz CT molecular complexity index is 735. The number of benzene rings is 1. The van der Waals surface area contributed by atoms with Gasteiger partial charge in [0.1, 0.15) is 10.7 Å². The van der Waals surface area contributed by atoms with Gasteiger partial charge in [-0.25, -0.2) is 4.98 Å². The van der Waals surface area contributed by atoms with Gasteiger partial charge in [-0.15, -0.1) is 11.3 Å². The van der Waals surface area contributed by atoms with Gasteiger partial charge in [0, 0.05) is 29.6 Å². The first kappa shape index (κ1) is 16.7. The predicted octanol–water partition coefficient (Wildman–Crippen LogP) is 4.07. The largest absolute Gasteiger partial charge is 0.337 e. The van der Waals surface area contributed by atoms with Crippen molar-refractivity contribution in [2.45, 2.75) is 25.3 Å². The van der Waals surface area contributed by atoms with E-state index in [1.807, 2.05) is 24.0 Å². The van der Waals surface area contributed by atoms with Gasteiger partial charge in [0.15, 0.2) is 0 Å². The van der Waals surface area contributed by atoms with Crippen LogP contribution >= 0.6 is 34.5 Å². The average molecular weight is 370 g/mol. The molecule has 2 N–H and O–H groups in total. The summed E-state index contributed by atoms with van der Waals surface area (Å²) in [6.45, 7) is 3.35. The maximum atomic E-state index is 12.6. The smallest absolute Gasteiger partial charge is 0.273 e. The van der Waals surface area contributed by atoms with Crippen molar-refractivity contribution in [3.05, 3.63) is 39.3 Å². The third-order valence-corrected chi connectivity index (χ3v) is 5.79. The summed E-state index contributed by atoms with van der Waals surface area (Å²) >= 11 is 13.7. The van der Waals surface area contributed by atoms with Crippen LogP contribution in [0.15, 0.2) is 23.6 Å². The summed E-state index contributed by atoms with van der Waals surface area (Å²) in [5.74, 6) is -0.0545. The van der Waals surface area contributed by atoms with Crippen molar-refractivity contribution in [3.8, 4) is 10.6 Å². The highest BCUT2D eigenvalue weighted by atomic mass is 35.5. The SMILES string of the molecule is CC1(N)CCN(C(=O)c2csc(-c3cccc(Cl)c3Cl)n2)CC1. The van der Waals surface area contributed by atoms with Crippen LogP contribution in [0.2, 0.25) is 10.0 Å². The summed E-state index contributed by atoms with van der Waals surface area (Å²) in [5.41, 5.74) is 7.12. The molecular weight excluding hydrogens is 353 g/mol. The fourth-order valence-electron chi connectivity index (χ4n) is 2.55. The molecule has 23 heavy (non-hydrogen) atoms. The lowest BCUT2D eigenvalue weighted by molar-refractivity contribution is 0.0676. The number of carbonyl (C=O) groups is 1. The van der Waals surface area contributed by atoms with Gasteiger partial charge in [-0.3, -0.25) is 4.79 Å². The summed E-state index contributed by atoms with van der Waals surface area (Å²) < 4.78 is 0. The molecular formula is C16H17Cl2N3OS. The van der Waals surface area contributed by atoms with Gasteiger partial charge in [-0.2, -0.15) is 0 Å². The highest BCUT2D eigenvalue weighted by Gasteiger charge is 2.29. The van der Waals surface area contributed by atoms with E-state index in [2.05, 4.69) is 4.98 Å². The first-order valence-corrected chi connectivity index (χ1v) is 8.99. The highest BCUT2D eigenvalue weighted by Crippen LogP contribution is 2.35. The lowest BCUT2D eigenvalue weighted by Gasteiger charge is -2.36. The molecule has 3 rings (SSSR count). The first-order chi connectivity index (χ1) is 10.9. The molecule has 0 radical (unpaired) electrons. The highest BCUT2D eigenvalue weighted by molar-refractivity contribution is 7.13. The topological polar surface area (TPSA) is 59.2 Å². The zero-order chi connectivity index (χ0) is 16.6. The van der Waals surface area contributed by atoms with E-state index in [0.717, 1.165) is 18.4 Å². The molecule has 1 amide bonds. The molecule has 1 aromatic carbocycles. The van der Waals surface area contributed by atoms with Gasteiger partial charge in [0.25, 0.3) is 5.91 Å². The Morgan fingerprint density at radius 1 is 1.35 bits per heavy atom. The molecule has 0 bridgehead atoms. The van der Waals surface area contributed by atoms with Crippen molar-refractivity contribution in [2.75, 3.05) is 13.1 Å². The summed E-state index contributed by atoms with van der Waals surface area (Å²) in [6.07, 6.45) is 1.60. The van der Waals surface area contributed by atoms with Crippen molar-refractivity contribution in [2.24, 2.45) is 5.73 Å². The third kappa shape index (κ3) is 3.53. The van der Waals surface area contributed by atoms with Crippen LogP contribution in [0, 0.1) is 0 Å². The summed E-state index contributed by atoms with van der Waals surface area (Å²) in [7, 11) is 0. The molecule has 1 aromatic heterocycles. The van der Waals surface area contributed by atoms with E-state index in [9.17, 15) is 4.79 Å². The van der Waals surface area contributed by atoms with Crippen molar-refractivity contribution in [1.82, 2.24) is 9.88 Å². The molecule has 1 fully saturated rings. The van der Waals surface area contributed by atoms with E-state index >= 15 is 0 Å². The molecule has 122 valence electrons. The number of nitrogens with two attached hydrogens (primary N) is 1. The molecule has 0 saturated carbocycles. The van der Waals surface area contributed by atoms with Crippen LogP contribution in [0.4, 0.5) is 0 Å².